The Morgan fingerprint density at radius 1 is 0.733 bits per heavy atom. The van der Waals surface area contributed by atoms with Gasteiger partial charge in [0, 0.05) is 14.5 Å². The first-order valence-electron chi connectivity index (χ1n) is 3.96. The van der Waals surface area contributed by atoms with Gasteiger partial charge in [0.2, 0.25) is 0 Å². The summed E-state index contributed by atoms with van der Waals surface area (Å²) in [6.45, 7) is 0. The average molecular weight is 447 g/mol. The normalized spacial score (nSPS) is 43.2. The minimum absolute atomic E-state index is 0.0200. The van der Waals surface area contributed by atoms with Gasteiger partial charge in [0.25, 0.3) is 10.2 Å². The summed E-state index contributed by atoms with van der Waals surface area (Å²) in [5.41, 5.74) is 0. The molecule has 0 spiro atoms. The third-order valence-electron chi connectivity index (χ3n) is 2.28. The van der Waals surface area contributed by atoms with Crippen LogP contribution in [0.25, 0.3) is 0 Å². The second-order valence-corrected chi connectivity index (χ2v) is 9.78. The molecule has 0 amide bonds. The van der Waals surface area contributed by atoms with E-state index in [1.165, 1.54) is 0 Å². The SMILES string of the molecule is FS(F)(F)(F)(F)C1CC(Br)C(Br)CC1Br. The first-order valence-corrected chi connectivity index (χ1v) is 8.72. The predicted molar refractivity (Wildman–Crippen MR) is 64.3 cm³/mol. The monoisotopic (exact) mass is 444 g/mol. The topological polar surface area (TPSA) is 0 Å². The lowest BCUT2D eigenvalue weighted by molar-refractivity contribution is 0.324. The van der Waals surface area contributed by atoms with Crippen LogP contribution < -0.4 is 0 Å². The van der Waals surface area contributed by atoms with E-state index in [4.69, 9.17) is 0 Å². The number of alkyl halides is 3. The maximum atomic E-state index is 12.6. The summed E-state index contributed by atoms with van der Waals surface area (Å²) in [6, 6.07) is 0. The molecule has 9 heteroatoms. The van der Waals surface area contributed by atoms with Crippen molar-refractivity contribution in [3.05, 3.63) is 0 Å². The van der Waals surface area contributed by atoms with Crippen LogP contribution in [-0.2, 0) is 0 Å². The molecule has 4 unspecified atom stereocenters. The lowest BCUT2D eigenvalue weighted by atomic mass is 10.00. The van der Waals surface area contributed by atoms with Crippen molar-refractivity contribution in [2.45, 2.75) is 32.6 Å². The number of halogens is 8. The van der Waals surface area contributed by atoms with Crippen LogP contribution in [0.5, 0.6) is 0 Å². The second-order valence-electron chi connectivity index (χ2n) is 3.59. The largest absolute Gasteiger partial charge is 0.289 e. The molecule has 1 saturated carbocycles. The minimum Gasteiger partial charge on any atom is -0.0975 e. The zero-order valence-corrected chi connectivity index (χ0v) is 12.7. The summed E-state index contributed by atoms with van der Waals surface area (Å²) in [7, 11) is -9.39. The van der Waals surface area contributed by atoms with Gasteiger partial charge in [-0.3, -0.25) is 0 Å². The van der Waals surface area contributed by atoms with Crippen molar-refractivity contribution >= 4 is 58.0 Å². The number of hydrogen-bond acceptors (Lipinski definition) is 0. The molecule has 0 N–H and O–H groups in total. The van der Waals surface area contributed by atoms with E-state index in [1.54, 1.807) is 0 Å². The van der Waals surface area contributed by atoms with Crippen molar-refractivity contribution in [1.29, 1.82) is 0 Å². The quantitative estimate of drug-likeness (QED) is 0.356. The summed E-state index contributed by atoms with van der Waals surface area (Å²) in [6.07, 6.45) is -0.587. The molecule has 1 aliphatic carbocycles. The molecule has 0 aromatic rings. The van der Waals surface area contributed by atoms with Crippen molar-refractivity contribution in [2.75, 3.05) is 0 Å². The van der Waals surface area contributed by atoms with E-state index >= 15 is 0 Å². The fourth-order valence-electron chi connectivity index (χ4n) is 1.49. The third kappa shape index (κ3) is 3.70. The highest BCUT2D eigenvalue weighted by atomic mass is 79.9. The van der Waals surface area contributed by atoms with E-state index in [0.717, 1.165) is 0 Å². The van der Waals surface area contributed by atoms with Gasteiger partial charge in [-0.25, -0.2) is 0 Å². The smallest absolute Gasteiger partial charge is 0.0975 e. The molecule has 0 bridgehead atoms. The molecule has 0 radical (unpaired) electrons. The second kappa shape index (κ2) is 3.47. The maximum absolute atomic E-state index is 12.6. The number of hydrogen-bond donors (Lipinski definition) is 0. The molecule has 1 fully saturated rings. The van der Waals surface area contributed by atoms with Gasteiger partial charge in [0.05, 0.1) is 0 Å². The average Bonchev–Trinajstić information content (AvgIpc) is 1.91. The van der Waals surface area contributed by atoms with Crippen LogP contribution in [0.1, 0.15) is 12.8 Å². The molecule has 0 aromatic heterocycles. The van der Waals surface area contributed by atoms with Gasteiger partial charge >= 0.3 is 0 Å². The Kier molecular flexibility index (Phi) is 3.36. The van der Waals surface area contributed by atoms with E-state index in [-0.39, 0.29) is 11.2 Å². The molecular weight excluding hydrogens is 439 g/mol. The zero-order valence-electron chi connectivity index (χ0n) is 7.16. The fraction of sp³-hybridized carbons (Fsp3) is 1.00. The van der Waals surface area contributed by atoms with E-state index in [2.05, 4.69) is 47.8 Å². The van der Waals surface area contributed by atoms with Crippen molar-refractivity contribution in [3.63, 3.8) is 0 Å². The Bertz CT molecular complexity index is 264. The van der Waals surface area contributed by atoms with Crippen molar-refractivity contribution in [3.8, 4) is 0 Å². The van der Waals surface area contributed by atoms with Gasteiger partial charge < -0.3 is 0 Å². The minimum atomic E-state index is -9.39. The molecule has 94 valence electrons. The summed E-state index contributed by atoms with van der Waals surface area (Å²) < 4.78 is 62.9. The van der Waals surface area contributed by atoms with Gasteiger partial charge in [-0.1, -0.05) is 67.2 Å². The van der Waals surface area contributed by atoms with Crippen LogP contribution in [0, 0.1) is 0 Å². The highest BCUT2D eigenvalue weighted by molar-refractivity contribution is 9.12. The van der Waals surface area contributed by atoms with Gasteiger partial charge in [-0.05, 0) is 12.8 Å². The van der Waals surface area contributed by atoms with Crippen LogP contribution in [0.4, 0.5) is 19.4 Å². The van der Waals surface area contributed by atoms with Crippen molar-refractivity contribution < 1.29 is 19.4 Å². The molecule has 0 heterocycles. The molecule has 0 nitrogen and oxygen atoms in total. The van der Waals surface area contributed by atoms with E-state index in [0.29, 0.717) is 0 Å². The van der Waals surface area contributed by atoms with Crippen LogP contribution >= 0.6 is 58.0 Å². The van der Waals surface area contributed by atoms with Gasteiger partial charge in [0.1, 0.15) is 5.25 Å². The third-order valence-corrected chi connectivity index (χ3v) is 8.04. The maximum Gasteiger partial charge on any atom is 0.289 e. The molecule has 0 aliphatic heterocycles. The molecule has 0 aromatic carbocycles. The van der Waals surface area contributed by atoms with E-state index in [1.807, 2.05) is 0 Å². The fourth-order valence-corrected chi connectivity index (χ4v) is 6.56. The highest BCUT2D eigenvalue weighted by Crippen LogP contribution is 3.01. The lowest BCUT2D eigenvalue weighted by Crippen LogP contribution is -2.43. The van der Waals surface area contributed by atoms with E-state index in [9.17, 15) is 19.4 Å². The molecule has 1 rings (SSSR count). The van der Waals surface area contributed by atoms with Crippen LogP contribution in [0.15, 0.2) is 0 Å². The van der Waals surface area contributed by atoms with E-state index < -0.39 is 31.5 Å². The Hall–Kier alpha value is 1.44. The molecule has 1 aliphatic rings. The highest BCUT2D eigenvalue weighted by Gasteiger charge is 2.72. The zero-order chi connectivity index (χ0) is 12.1. The predicted octanol–water partition coefficient (Wildman–Crippen LogP) is 5.74. The van der Waals surface area contributed by atoms with Crippen LogP contribution in [0.3, 0.4) is 0 Å². The first-order chi connectivity index (χ1) is 6.31. The molecule has 0 saturated heterocycles. The molecule has 15 heavy (non-hydrogen) atoms. The Labute approximate surface area is 109 Å². The van der Waals surface area contributed by atoms with Crippen molar-refractivity contribution in [1.82, 2.24) is 0 Å². The van der Waals surface area contributed by atoms with Gasteiger partial charge in [-0.2, -0.15) is 0 Å². The molecule has 4 atom stereocenters. The summed E-state index contributed by atoms with van der Waals surface area (Å²) in [5, 5.41) is -2.55. The first kappa shape index (κ1) is 14.5. The molecular formula is C6H8Br3F5S. The standard InChI is InChI=1S/C6H8Br3F5S/c7-3-1-5(9)6(2-4(3)8)15(10,11,12,13)14/h3-6H,1-2H2. The lowest BCUT2D eigenvalue weighted by Gasteiger charge is -2.51. The Morgan fingerprint density at radius 2 is 1.13 bits per heavy atom. The Morgan fingerprint density at radius 3 is 1.53 bits per heavy atom. The summed E-state index contributed by atoms with van der Waals surface area (Å²) in [4.78, 5) is -2.04. The van der Waals surface area contributed by atoms with Gasteiger partial charge in [0.15, 0.2) is 0 Å². The van der Waals surface area contributed by atoms with Crippen LogP contribution in [0.2, 0.25) is 0 Å². The van der Waals surface area contributed by atoms with Crippen molar-refractivity contribution in [2.24, 2.45) is 0 Å². The Balaban J connectivity index is 2.99. The number of rotatable bonds is 1. The summed E-state index contributed by atoms with van der Waals surface area (Å²) in [5.74, 6) is 0. The van der Waals surface area contributed by atoms with Crippen LogP contribution in [-0.4, -0.2) is 19.7 Å². The summed E-state index contributed by atoms with van der Waals surface area (Å²) >= 11 is 8.84. The van der Waals surface area contributed by atoms with Gasteiger partial charge in [-0.15, -0.1) is 0 Å².